The number of hydrogen-bond acceptors (Lipinski definition) is 6. The summed E-state index contributed by atoms with van der Waals surface area (Å²) in [5.74, 6) is -0.909. The minimum atomic E-state index is -0.938. The van der Waals surface area contributed by atoms with Crippen LogP contribution in [-0.4, -0.2) is 83.3 Å². The molecular formula is C32H34ClF2N5O2. The van der Waals surface area contributed by atoms with Gasteiger partial charge >= 0.3 is 6.01 Å². The molecule has 3 aliphatic heterocycles. The lowest BCUT2D eigenvalue weighted by Gasteiger charge is -2.47. The number of alkyl halides is 1. The highest BCUT2D eigenvalue weighted by Crippen LogP contribution is 2.43. The molecule has 7 rings (SSSR count). The quantitative estimate of drug-likeness (QED) is 0.351. The van der Waals surface area contributed by atoms with Crippen LogP contribution in [0.5, 0.6) is 6.01 Å². The average Bonchev–Trinajstić information content (AvgIpc) is 3.47. The molecule has 4 atom stereocenters. The van der Waals surface area contributed by atoms with Gasteiger partial charge in [0.15, 0.2) is 5.83 Å². The highest BCUT2D eigenvalue weighted by Gasteiger charge is 2.50. The number of carbonyl (C=O) groups excluding carboxylic acids is 1. The van der Waals surface area contributed by atoms with Crippen molar-refractivity contribution in [1.29, 1.82) is 0 Å². The Morgan fingerprint density at radius 2 is 1.98 bits per heavy atom. The molecule has 1 aromatic heterocycles. The van der Waals surface area contributed by atoms with Crippen molar-refractivity contribution in [3.8, 4) is 17.1 Å². The standard InChI is InChI=1S/C32H34ClF2N5O2/c1-18(34)31(41)39-11-10-28-29(39)16-40(28)30-25-13-26(33)24(23-9-5-7-19-6-3-4-8-22(19)23)14-27(25)36-32(37-30)42-17-21-12-20(35)15-38(21)2/h5,7,9,13-14,20-21,28-29H,1,3-4,6,8,10-12,15-17H2,2H3/t20-,21+,28?,29-/m1/s1. The fourth-order valence-corrected chi connectivity index (χ4v) is 7.55. The number of aromatic nitrogens is 2. The molecule has 220 valence electrons. The topological polar surface area (TPSA) is 61.8 Å². The van der Waals surface area contributed by atoms with Crippen LogP contribution in [0.25, 0.3) is 22.0 Å². The maximum atomic E-state index is 14.0. The Hall–Kier alpha value is -3.30. The Morgan fingerprint density at radius 3 is 2.76 bits per heavy atom. The molecule has 1 unspecified atom stereocenters. The minimum Gasteiger partial charge on any atom is -0.462 e. The number of halogens is 3. The van der Waals surface area contributed by atoms with Crippen molar-refractivity contribution >= 4 is 34.2 Å². The van der Waals surface area contributed by atoms with Crippen molar-refractivity contribution in [3.63, 3.8) is 0 Å². The number of rotatable bonds is 6. The van der Waals surface area contributed by atoms with Crippen molar-refractivity contribution in [1.82, 2.24) is 19.8 Å². The predicted octanol–water partition coefficient (Wildman–Crippen LogP) is 5.52. The van der Waals surface area contributed by atoms with Crippen LogP contribution in [0.4, 0.5) is 14.6 Å². The number of likely N-dealkylation sites (N-methyl/N-ethyl adjacent to an activating group) is 1. The number of aryl methyl sites for hydroxylation is 1. The SMILES string of the molecule is C=C(F)C(=O)N1CCC2[C@H]1CN2c1nc(OC[C@@H]2C[C@@H](F)CN2C)nc2cc(-c3cccc4c3CCCC4)c(Cl)cc12. The Morgan fingerprint density at radius 1 is 1.14 bits per heavy atom. The van der Waals surface area contributed by atoms with Crippen LogP contribution < -0.4 is 9.64 Å². The number of likely N-dealkylation sites (tertiary alicyclic amines) is 2. The first-order chi connectivity index (χ1) is 20.3. The number of benzene rings is 2. The molecular weight excluding hydrogens is 560 g/mol. The van der Waals surface area contributed by atoms with Crippen molar-refractivity contribution in [2.75, 3.05) is 38.2 Å². The van der Waals surface area contributed by atoms with Crippen molar-refractivity contribution in [2.45, 2.75) is 62.8 Å². The van der Waals surface area contributed by atoms with Gasteiger partial charge in [-0.25, -0.2) is 8.78 Å². The zero-order valence-electron chi connectivity index (χ0n) is 23.7. The Bertz CT molecular complexity index is 1580. The van der Waals surface area contributed by atoms with E-state index in [0.29, 0.717) is 48.8 Å². The van der Waals surface area contributed by atoms with Crippen LogP contribution in [-0.2, 0) is 17.6 Å². The van der Waals surface area contributed by atoms with Gasteiger partial charge in [-0.3, -0.25) is 9.69 Å². The molecule has 0 radical (unpaired) electrons. The van der Waals surface area contributed by atoms with Crippen LogP contribution in [0.3, 0.4) is 0 Å². The van der Waals surface area contributed by atoms with Gasteiger partial charge in [0, 0.05) is 41.6 Å². The van der Waals surface area contributed by atoms with Crippen LogP contribution in [0.1, 0.15) is 36.8 Å². The second-order valence-corrected chi connectivity index (χ2v) is 12.5. The average molecular weight is 594 g/mol. The van der Waals surface area contributed by atoms with Crippen LogP contribution in [0.2, 0.25) is 5.02 Å². The normalized spacial score (nSPS) is 25.3. The lowest BCUT2D eigenvalue weighted by molar-refractivity contribution is -0.130. The van der Waals surface area contributed by atoms with Gasteiger partial charge in [0.1, 0.15) is 18.6 Å². The zero-order valence-corrected chi connectivity index (χ0v) is 24.4. The molecule has 0 spiro atoms. The smallest absolute Gasteiger partial charge is 0.319 e. The fraction of sp³-hybridized carbons (Fsp3) is 0.469. The number of fused-ring (bicyclic) bond motifs is 3. The highest BCUT2D eigenvalue weighted by atomic mass is 35.5. The van der Waals surface area contributed by atoms with E-state index in [1.165, 1.54) is 17.5 Å². The van der Waals surface area contributed by atoms with E-state index in [0.717, 1.165) is 35.8 Å². The zero-order chi connectivity index (χ0) is 29.1. The summed E-state index contributed by atoms with van der Waals surface area (Å²) in [5.41, 5.74) is 5.48. The molecule has 0 bridgehead atoms. The van der Waals surface area contributed by atoms with E-state index in [9.17, 15) is 13.6 Å². The summed E-state index contributed by atoms with van der Waals surface area (Å²) in [6.07, 6.45) is 4.67. The first-order valence-electron chi connectivity index (χ1n) is 14.8. The van der Waals surface area contributed by atoms with E-state index in [-0.39, 0.29) is 30.7 Å². The van der Waals surface area contributed by atoms with E-state index in [1.54, 1.807) is 4.90 Å². The Labute approximate surface area is 249 Å². The second-order valence-electron chi connectivity index (χ2n) is 12.0. The summed E-state index contributed by atoms with van der Waals surface area (Å²) in [5, 5.41) is 1.41. The van der Waals surface area contributed by atoms with Gasteiger partial charge in [-0.1, -0.05) is 36.4 Å². The van der Waals surface area contributed by atoms with Gasteiger partial charge < -0.3 is 14.5 Å². The number of hydrogen-bond donors (Lipinski definition) is 0. The molecule has 2 aromatic carbocycles. The van der Waals surface area contributed by atoms with Gasteiger partial charge in [-0.05, 0) is 74.4 Å². The molecule has 1 amide bonds. The van der Waals surface area contributed by atoms with Crippen LogP contribution in [0.15, 0.2) is 42.7 Å². The highest BCUT2D eigenvalue weighted by molar-refractivity contribution is 6.34. The third kappa shape index (κ3) is 4.71. The minimum absolute atomic E-state index is 0.00731. The largest absolute Gasteiger partial charge is 0.462 e. The van der Waals surface area contributed by atoms with Crippen LogP contribution >= 0.6 is 11.6 Å². The summed E-state index contributed by atoms with van der Waals surface area (Å²) < 4.78 is 33.8. The number of amides is 1. The Kier molecular flexibility index (Phi) is 7.05. The second kappa shape index (κ2) is 10.8. The molecule has 4 aliphatic rings. The van der Waals surface area contributed by atoms with Gasteiger partial charge in [0.2, 0.25) is 0 Å². The van der Waals surface area contributed by atoms with E-state index in [4.69, 9.17) is 26.3 Å². The van der Waals surface area contributed by atoms with E-state index in [1.807, 2.05) is 24.1 Å². The summed E-state index contributed by atoms with van der Waals surface area (Å²) in [4.78, 5) is 27.7. The lowest BCUT2D eigenvalue weighted by Crippen LogP contribution is -2.63. The number of nitrogens with zero attached hydrogens (tertiary/aromatic N) is 5. The van der Waals surface area contributed by atoms with Crippen molar-refractivity contribution in [2.24, 2.45) is 0 Å². The monoisotopic (exact) mass is 593 g/mol. The molecule has 7 nitrogen and oxygen atoms in total. The first kappa shape index (κ1) is 27.5. The summed E-state index contributed by atoms with van der Waals surface area (Å²) >= 11 is 7.00. The fourth-order valence-electron chi connectivity index (χ4n) is 7.28. The van der Waals surface area contributed by atoms with Gasteiger partial charge in [-0.15, -0.1) is 0 Å². The van der Waals surface area contributed by atoms with E-state index < -0.39 is 17.9 Å². The first-order valence-corrected chi connectivity index (χ1v) is 15.2. The van der Waals surface area contributed by atoms with E-state index in [2.05, 4.69) is 29.7 Å². The predicted molar refractivity (Wildman–Crippen MR) is 160 cm³/mol. The molecule has 42 heavy (non-hydrogen) atoms. The third-order valence-corrected chi connectivity index (χ3v) is 9.84. The van der Waals surface area contributed by atoms with E-state index >= 15 is 0 Å². The third-order valence-electron chi connectivity index (χ3n) is 9.53. The number of anilines is 1. The molecule has 3 saturated heterocycles. The molecule has 4 heterocycles. The summed E-state index contributed by atoms with van der Waals surface area (Å²) in [7, 11) is 1.90. The molecule has 0 N–H and O–H groups in total. The van der Waals surface area contributed by atoms with Crippen LogP contribution in [0, 0.1) is 0 Å². The van der Waals surface area contributed by atoms with Crippen molar-refractivity contribution < 1.29 is 18.3 Å². The maximum absolute atomic E-state index is 14.0. The van der Waals surface area contributed by atoms with Crippen molar-refractivity contribution in [3.05, 3.63) is 58.9 Å². The number of ether oxygens (including phenoxy) is 1. The molecule has 0 saturated carbocycles. The Balaban J connectivity index is 1.27. The van der Waals surface area contributed by atoms with Gasteiger partial charge in [0.05, 0.1) is 17.6 Å². The summed E-state index contributed by atoms with van der Waals surface area (Å²) in [6, 6.07) is 10.4. The number of carbonyl (C=O) groups is 1. The van der Waals surface area contributed by atoms with Gasteiger partial charge in [0.25, 0.3) is 5.91 Å². The summed E-state index contributed by atoms with van der Waals surface area (Å²) in [6.45, 7) is 4.83. The molecule has 1 aliphatic carbocycles. The van der Waals surface area contributed by atoms with Gasteiger partial charge in [-0.2, -0.15) is 9.97 Å². The molecule has 3 fully saturated rings. The molecule has 10 heteroatoms. The molecule has 3 aromatic rings. The maximum Gasteiger partial charge on any atom is 0.319 e. The lowest BCUT2D eigenvalue weighted by atomic mass is 9.85.